The van der Waals surface area contributed by atoms with Crippen molar-refractivity contribution in [2.24, 2.45) is 0 Å². The Morgan fingerprint density at radius 2 is 0.867 bits per heavy atom. The zero-order valence-electron chi connectivity index (χ0n) is 26.2. The largest absolute Gasteiger partial charge is 0.494 e. The van der Waals surface area contributed by atoms with Gasteiger partial charge in [0.1, 0.15) is 0 Å². The van der Waals surface area contributed by atoms with Crippen molar-refractivity contribution in [2.75, 3.05) is 0 Å². The van der Waals surface area contributed by atoms with Crippen molar-refractivity contribution < 1.29 is 9.31 Å². The molecular formula is C42H35BO2. The first-order valence-corrected chi connectivity index (χ1v) is 15.8. The Morgan fingerprint density at radius 1 is 0.400 bits per heavy atom. The van der Waals surface area contributed by atoms with Crippen LogP contribution in [-0.2, 0) is 9.31 Å². The van der Waals surface area contributed by atoms with Crippen LogP contribution in [-0.4, -0.2) is 18.3 Å². The lowest BCUT2D eigenvalue weighted by Crippen LogP contribution is -2.41. The minimum Gasteiger partial charge on any atom is -0.399 e. The van der Waals surface area contributed by atoms with Gasteiger partial charge in [0.2, 0.25) is 0 Å². The average molecular weight is 583 g/mol. The summed E-state index contributed by atoms with van der Waals surface area (Å²) in [6.45, 7) is 8.38. The van der Waals surface area contributed by atoms with Crippen LogP contribution in [0.3, 0.4) is 0 Å². The summed E-state index contributed by atoms with van der Waals surface area (Å²) in [5.41, 5.74) is 7.70. The molecule has 0 radical (unpaired) electrons. The fourth-order valence-electron chi connectivity index (χ4n) is 6.60. The number of hydrogen-bond acceptors (Lipinski definition) is 2. The van der Waals surface area contributed by atoms with Crippen LogP contribution in [0.15, 0.2) is 140 Å². The third kappa shape index (κ3) is 4.84. The first kappa shape index (κ1) is 27.8. The normalized spacial score (nSPS) is 15.7. The molecule has 0 bridgehead atoms. The Balaban J connectivity index is 1.14. The van der Waals surface area contributed by atoms with Gasteiger partial charge in [-0.05, 0) is 117 Å². The Hall–Kier alpha value is -4.70. The molecule has 8 rings (SSSR count). The van der Waals surface area contributed by atoms with E-state index in [0.29, 0.717) is 0 Å². The van der Waals surface area contributed by atoms with Gasteiger partial charge in [-0.15, -0.1) is 0 Å². The van der Waals surface area contributed by atoms with Crippen LogP contribution in [0, 0.1) is 0 Å². The van der Waals surface area contributed by atoms with Crippen LogP contribution in [0.4, 0.5) is 0 Å². The molecule has 7 aromatic rings. The standard InChI is InChI=1S/C42H35BO2/c1-41(2)42(3,4)45-43(44-41)36-22-23-40-32(27-36)12-9-15-39(40)35-21-18-30-25-34(20-17-31(30)26-35)38-14-8-7-13-37(38)33-19-16-28-10-5-6-11-29(28)24-33/h5-27H,1-4H3. The highest BCUT2D eigenvalue weighted by Gasteiger charge is 2.51. The molecule has 0 aromatic heterocycles. The van der Waals surface area contributed by atoms with Crippen LogP contribution in [0.2, 0.25) is 0 Å². The van der Waals surface area contributed by atoms with E-state index in [0.717, 1.165) is 5.46 Å². The van der Waals surface area contributed by atoms with Gasteiger partial charge in [0.05, 0.1) is 11.2 Å². The molecule has 1 fully saturated rings. The molecule has 0 unspecified atom stereocenters. The maximum absolute atomic E-state index is 6.33. The van der Waals surface area contributed by atoms with Crippen molar-refractivity contribution in [3.05, 3.63) is 140 Å². The lowest BCUT2D eigenvalue weighted by Gasteiger charge is -2.32. The molecule has 0 aliphatic carbocycles. The summed E-state index contributed by atoms with van der Waals surface area (Å²) in [5.74, 6) is 0. The van der Waals surface area contributed by atoms with Gasteiger partial charge in [-0.1, -0.05) is 121 Å². The van der Waals surface area contributed by atoms with Crippen LogP contribution < -0.4 is 5.46 Å². The molecule has 1 saturated heterocycles. The van der Waals surface area contributed by atoms with Crippen LogP contribution in [0.25, 0.3) is 65.7 Å². The van der Waals surface area contributed by atoms with E-state index in [1.165, 1.54) is 65.7 Å². The van der Waals surface area contributed by atoms with E-state index in [4.69, 9.17) is 9.31 Å². The highest BCUT2D eigenvalue weighted by Crippen LogP contribution is 2.38. The van der Waals surface area contributed by atoms with Crippen molar-refractivity contribution >= 4 is 44.9 Å². The third-order valence-electron chi connectivity index (χ3n) is 9.88. The summed E-state index contributed by atoms with van der Waals surface area (Å²) in [4.78, 5) is 0. The topological polar surface area (TPSA) is 18.5 Å². The van der Waals surface area contributed by atoms with Crippen LogP contribution in [0.5, 0.6) is 0 Å². The Morgan fingerprint density at radius 3 is 1.49 bits per heavy atom. The quantitative estimate of drug-likeness (QED) is 0.192. The molecule has 1 heterocycles. The smallest absolute Gasteiger partial charge is 0.399 e. The summed E-state index contributed by atoms with van der Waals surface area (Å²) in [6, 6.07) is 50.8. The Labute approximate surface area is 265 Å². The maximum Gasteiger partial charge on any atom is 0.494 e. The van der Waals surface area contributed by atoms with Gasteiger partial charge in [-0.2, -0.15) is 0 Å². The van der Waals surface area contributed by atoms with E-state index in [9.17, 15) is 0 Å². The van der Waals surface area contributed by atoms with Gasteiger partial charge in [0, 0.05) is 0 Å². The summed E-state index contributed by atoms with van der Waals surface area (Å²) in [6.07, 6.45) is 0. The summed E-state index contributed by atoms with van der Waals surface area (Å²) < 4.78 is 12.7. The molecule has 0 N–H and O–H groups in total. The van der Waals surface area contributed by atoms with E-state index in [-0.39, 0.29) is 18.3 Å². The third-order valence-corrected chi connectivity index (χ3v) is 9.88. The number of rotatable bonds is 4. The SMILES string of the molecule is CC1(C)OB(c2ccc3c(-c4ccc5cc(-c6ccccc6-c6ccc7ccccc7c6)ccc5c4)cccc3c2)OC1(C)C. The summed E-state index contributed by atoms with van der Waals surface area (Å²) in [7, 11) is -0.371. The van der Waals surface area contributed by atoms with E-state index in [1.54, 1.807) is 0 Å². The second kappa shape index (κ2) is 10.4. The molecule has 0 saturated carbocycles. The van der Waals surface area contributed by atoms with Crippen molar-refractivity contribution in [2.45, 2.75) is 38.9 Å². The van der Waals surface area contributed by atoms with E-state index in [2.05, 4.69) is 167 Å². The molecule has 0 spiro atoms. The molecule has 218 valence electrons. The van der Waals surface area contributed by atoms with Crippen molar-refractivity contribution in [3.8, 4) is 33.4 Å². The Kier molecular flexibility index (Phi) is 6.46. The van der Waals surface area contributed by atoms with Gasteiger partial charge in [0.25, 0.3) is 0 Å². The molecule has 1 aliphatic heterocycles. The number of fused-ring (bicyclic) bond motifs is 3. The molecule has 0 atom stereocenters. The van der Waals surface area contributed by atoms with Gasteiger partial charge < -0.3 is 9.31 Å². The average Bonchev–Trinajstić information content (AvgIpc) is 3.29. The Bertz CT molecular complexity index is 2230. The zero-order valence-corrected chi connectivity index (χ0v) is 26.2. The van der Waals surface area contributed by atoms with Crippen molar-refractivity contribution in [3.63, 3.8) is 0 Å². The molecular weight excluding hydrogens is 547 g/mol. The molecule has 45 heavy (non-hydrogen) atoms. The van der Waals surface area contributed by atoms with Crippen molar-refractivity contribution in [1.29, 1.82) is 0 Å². The summed E-state index contributed by atoms with van der Waals surface area (Å²) in [5, 5.41) is 7.38. The van der Waals surface area contributed by atoms with Gasteiger partial charge in [-0.25, -0.2) is 0 Å². The van der Waals surface area contributed by atoms with Gasteiger partial charge in [-0.3, -0.25) is 0 Å². The van der Waals surface area contributed by atoms with Gasteiger partial charge in [0.15, 0.2) is 0 Å². The van der Waals surface area contributed by atoms with E-state index in [1.807, 2.05) is 0 Å². The molecule has 0 amide bonds. The first-order valence-electron chi connectivity index (χ1n) is 15.8. The second-order valence-electron chi connectivity index (χ2n) is 13.3. The fraction of sp³-hybridized carbons (Fsp3) is 0.143. The lowest BCUT2D eigenvalue weighted by atomic mass is 9.78. The first-order chi connectivity index (χ1) is 21.8. The number of benzene rings is 7. The van der Waals surface area contributed by atoms with Crippen LogP contribution in [0.1, 0.15) is 27.7 Å². The monoisotopic (exact) mass is 582 g/mol. The lowest BCUT2D eigenvalue weighted by molar-refractivity contribution is 0.00578. The predicted octanol–water partition coefficient (Wildman–Crippen LogP) is 10.4. The maximum atomic E-state index is 6.33. The van der Waals surface area contributed by atoms with E-state index < -0.39 is 0 Å². The highest BCUT2D eigenvalue weighted by atomic mass is 16.7. The highest BCUT2D eigenvalue weighted by molar-refractivity contribution is 6.62. The molecule has 3 heteroatoms. The summed E-state index contributed by atoms with van der Waals surface area (Å²) >= 11 is 0. The zero-order chi connectivity index (χ0) is 30.8. The van der Waals surface area contributed by atoms with Crippen molar-refractivity contribution in [1.82, 2.24) is 0 Å². The number of hydrogen-bond donors (Lipinski definition) is 0. The van der Waals surface area contributed by atoms with Crippen LogP contribution >= 0.6 is 0 Å². The van der Waals surface area contributed by atoms with E-state index >= 15 is 0 Å². The predicted molar refractivity (Wildman–Crippen MR) is 191 cm³/mol. The molecule has 2 nitrogen and oxygen atoms in total. The molecule has 1 aliphatic rings. The fourth-order valence-corrected chi connectivity index (χ4v) is 6.60. The minimum absolute atomic E-state index is 0.363. The molecule has 7 aromatic carbocycles. The second-order valence-corrected chi connectivity index (χ2v) is 13.3. The minimum atomic E-state index is -0.371. The van der Waals surface area contributed by atoms with Gasteiger partial charge >= 0.3 is 7.12 Å².